The highest BCUT2D eigenvalue weighted by molar-refractivity contribution is 5.89. The Morgan fingerprint density at radius 1 is 1.67 bits per heavy atom. The standard InChI is InChI=1S/C10H12FN3O/c1-3-7(2)13-10(15)14-9-4-8(11)5-12-6-9/h3-7H,1H2,2H3,(H2,13,14,15). The maximum absolute atomic E-state index is 12.7. The summed E-state index contributed by atoms with van der Waals surface area (Å²) in [5.41, 5.74) is 0.309. The lowest BCUT2D eigenvalue weighted by Crippen LogP contribution is -2.34. The first-order valence-electron chi connectivity index (χ1n) is 4.42. The average Bonchev–Trinajstić information content (AvgIpc) is 2.17. The molecule has 1 unspecified atom stereocenters. The molecule has 0 bridgehead atoms. The molecule has 2 amide bonds. The van der Waals surface area contributed by atoms with Crippen LogP contribution in [0.4, 0.5) is 14.9 Å². The Hall–Kier alpha value is -1.91. The van der Waals surface area contributed by atoms with E-state index in [4.69, 9.17) is 0 Å². The Morgan fingerprint density at radius 2 is 2.40 bits per heavy atom. The topological polar surface area (TPSA) is 54.0 Å². The quantitative estimate of drug-likeness (QED) is 0.747. The molecule has 1 aromatic rings. The first kappa shape index (κ1) is 11.2. The lowest BCUT2D eigenvalue weighted by molar-refractivity contribution is 0.251. The van der Waals surface area contributed by atoms with Crippen LogP contribution in [0.1, 0.15) is 6.92 Å². The highest BCUT2D eigenvalue weighted by atomic mass is 19.1. The number of hydrogen-bond donors (Lipinski definition) is 2. The van der Waals surface area contributed by atoms with E-state index in [-0.39, 0.29) is 6.04 Å². The molecule has 1 heterocycles. The molecular formula is C10H12FN3O. The van der Waals surface area contributed by atoms with Gasteiger partial charge in [0.25, 0.3) is 0 Å². The summed E-state index contributed by atoms with van der Waals surface area (Å²) in [5, 5.41) is 5.03. The number of rotatable bonds is 3. The Balaban J connectivity index is 2.55. The number of amides is 2. The van der Waals surface area contributed by atoms with Crippen molar-refractivity contribution in [1.82, 2.24) is 10.3 Å². The minimum absolute atomic E-state index is 0.147. The van der Waals surface area contributed by atoms with Crippen molar-refractivity contribution in [3.63, 3.8) is 0 Å². The summed E-state index contributed by atoms with van der Waals surface area (Å²) in [7, 11) is 0. The molecule has 0 aliphatic rings. The molecule has 5 heteroatoms. The number of anilines is 1. The minimum Gasteiger partial charge on any atom is -0.332 e. The molecule has 80 valence electrons. The highest BCUT2D eigenvalue weighted by Crippen LogP contribution is 2.06. The van der Waals surface area contributed by atoms with Crippen LogP contribution >= 0.6 is 0 Å². The maximum atomic E-state index is 12.7. The second-order valence-corrected chi connectivity index (χ2v) is 3.01. The predicted octanol–water partition coefficient (Wildman–Crippen LogP) is 1.92. The van der Waals surface area contributed by atoms with Gasteiger partial charge in [-0.25, -0.2) is 9.18 Å². The van der Waals surface area contributed by atoms with E-state index in [0.717, 1.165) is 6.20 Å². The molecule has 2 N–H and O–H groups in total. The van der Waals surface area contributed by atoms with Crippen LogP contribution in [0.15, 0.2) is 31.1 Å². The molecule has 0 radical (unpaired) electrons. The largest absolute Gasteiger partial charge is 0.332 e. The van der Waals surface area contributed by atoms with Gasteiger partial charge in [-0.3, -0.25) is 4.98 Å². The van der Waals surface area contributed by atoms with Crippen LogP contribution in [-0.2, 0) is 0 Å². The average molecular weight is 209 g/mol. The number of nitrogens with zero attached hydrogens (tertiary/aromatic N) is 1. The number of pyridine rings is 1. The van der Waals surface area contributed by atoms with Gasteiger partial charge < -0.3 is 10.6 Å². The zero-order chi connectivity index (χ0) is 11.3. The number of aromatic nitrogens is 1. The predicted molar refractivity (Wildman–Crippen MR) is 56.0 cm³/mol. The number of hydrogen-bond acceptors (Lipinski definition) is 2. The van der Waals surface area contributed by atoms with Gasteiger partial charge in [0, 0.05) is 12.1 Å². The van der Waals surface area contributed by atoms with Gasteiger partial charge in [-0.1, -0.05) is 6.08 Å². The van der Waals surface area contributed by atoms with E-state index in [1.54, 1.807) is 13.0 Å². The van der Waals surface area contributed by atoms with Crippen LogP contribution < -0.4 is 10.6 Å². The first-order chi connectivity index (χ1) is 7.11. The van der Waals surface area contributed by atoms with E-state index < -0.39 is 11.8 Å². The smallest absolute Gasteiger partial charge is 0.319 e. The molecule has 0 saturated heterocycles. The molecule has 1 rings (SSSR count). The second-order valence-electron chi connectivity index (χ2n) is 3.01. The summed E-state index contributed by atoms with van der Waals surface area (Å²) in [6.07, 6.45) is 4.01. The summed E-state index contributed by atoms with van der Waals surface area (Å²) >= 11 is 0. The van der Waals surface area contributed by atoms with Crippen LogP contribution in [0, 0.1) is 5.82 Å². The Kier molecular flexibility index (Phi) is 3.79. The molecule has 1 aromatic heterocycles. The van der Waals surface area contributed by atoms with Crippen molar-refractivity contribution in [2.45, 2.75) is 13.0 Å². The van der Waals surface area contributed by atoms with Crippen molar-refractivity contribution >= 4 is 11.7 Å². The van der Waals surface area contributed by atoms with E-state index in [1.165, 1.54) is 12.3 Å². The zero-order valence-corrected chi connectivity index (χ0v) is 8.33. The van der Waals surface area contributed by atoms with Crippen molar-refractivity contribution in [3.8, 4) is 0 Å². The van der Waals surface area contributed by atoms with Gasteiger partial charge in [0.15, 0.2) is 0 Å². The fourth-order valence-corrected chi connectivity index (χ4v) is 0.913. The van der Waals surface area contributed by atoms with Crippen molar-refractivity contribution in [2.24, 2.45) is 0 Å². The van der Waals surface area contributed by atoms with E-state index in [9.17, 15) is 9.18 Å². The summed E-state index contributed by atoms with van der Waals surface area (Å²) in [6, 6.07) is 0.617. The summed E-state index contributed by atoms with van der Waals surface area (Å²) in [4.78, 5) is 14.9. The lowest BCUT2D eigenvalue weighted by Gasteiger charge is -2.10. The number of halogens is 1. The molecule has 0 aliphatic carbocycles. The van der Waals surface area contributed by atoms with Gasteiger partial charge in [-0.05, 0) is 6.92 Å². The molecule has 0 spiro atoms. The van der Waals surface area contributed by atoms with Crippen LogP contribution in [0.5, 0.6) is 0 Å². The summed E-state index contributed by atoms with van der Waals surface area (Å²) in [5.74, 6) is -0.496. The monoisotopic (exact) mass is 209 g/mol. The third-order valence-electron chi connectivity index (χ3n) is 1.68. The molecule has 0 aromatic carbocycles. The Bertz CT molecular complexity index is 367. The lowest BCUT2D eigenvalue weighted by atomic mass is 10.3. The fourth-order valence-electron chi connectivity index (χ4n) is 0.913. The van der Waals surface area contributed by atoms with Crippen LogP contribution in [0.25, 0.3) is 0 Å². The van der Waals surface area contributed by atoms with Gasteiger partial charge in [0.2, 0.25) is 0 Å². The molecule has 0 saturated carbocycles. The summed E-state index contributed by atoms with van der Waals surface area (Å²) < 4.78 is 12.7. The van der Waals surface area contributed by atoms with Gasteiger partial charge in [-0.15, -0.1) is 6.58 Å². The molecule has 1 atom stereocenters. The van der Waals surface area contributed by atoms with E-state index in [2.05, 4.69) is 22.2 Å². The van der Waals surface area contributed by atoms with E-state index >= 15 is 0 Å². The maximum Gasteiger partial charge on any atom is 0.319 e. The third-order valence-corrected chi connectivity index (χ3v) is 1.68. The van der Waals surface area contributed by atoms with Crippen molar-refractivity contribution < 1.29 is 9.18 Å². The van der Waals surface area contributed by atoms with E-state index in [0.29, 0.717) is 5.69 Å². The Labute approximate surface area is 87.2 Å². The number of urea groups is 1. The molecule has 15 heavy (non-hydrogen) atoms. The zero-order valence-electron chi connectivity index (χ0n) is 8.33. The van der Waals surface area contributed by atoms with Crippen molar-refractivity contribution in [2.75, 3.05) is 5.32 Å². The first-order valence-corrected chi connectivity index (χ1v) is 4.42. The normalized spacial score (nSPS) is 11.6. The third kappa shape index (κ3) is 3.76. The SMILES string of the molecule is C=CC(C)NC(=O)Nc1cncc(F)c1. The molecule has 0 fully saturated rings. The number of carbonyl (C=O) groups excluding carboxylic acids is 1. The summed E-state index contributed by atoms with van der Waals surface area (Å²) in [6.45, 7) is 5.29. The Morgan fingerprint density at radius 3 is 3.00 bits per heavy atom. The second kappa shape index (κ2) is 5.09. The molecule has 0 aliphatic heterocycles. The van der Waals surface area contributed by atoms with E-state index in [1.807, 2.05) is 0 Å². The van der Waals surface area contributed by atoms with Gasteiger partial charge in [-0.2, -0.15) is 0 Å². The van der Waals surface area contributed by atoms with Gasteiger partial charge >= 0.3 is 6.03 Å². The molecular weight excluding hydrogens is 197 g/mol. The van der Waals surface area contributed by atoms with Crippen LogP contribution in [-0.4, -0.2) is 17.1 Å². The van der Waals surface area contributed by atoms with Crippen LogP contribution in [0.2, 0.25) is 0 Å². The van der Waals surface area contributed by atoms with Crippen molar-refractivity contribution in [1.29, 1.82) is 0 Å². The number of carbonyl (C=O) groups is 1. The van der Waals surface area contributed by atoms with Gasteiger partial charge in [0.1, 0.15) is 5.82 Å². The molecule has 4 nitrogen and oxygen atoms in total. The highest BCUT2D eigenvalue weighted by Gasteiger charge is 2.04. The fraction of sp³-hybridized carbons (Fsp3) is 0.200. The van der Waals surface area contributed by atoms with Gasteiger partial charge in [0.05, 0.1) is 18.1 Å². The number of nitrogens with one attached hydrogen (secondary N) is 2. The van der Waals surface area contributed by atoms with Crippen molar-refractivity contribution in [3.05, 3.63) is 36.9 Å². The minimum atomic E-state index is -0.496. The van der Waals surface area contributed by atoms with Crippen LogP contribution in [0.3, 0.4) is 0 Å².